The minimum atomic E-state index is -4.92. The molecular formula is C26H14F4N6O. The number of halogens is 4. The lowest BCUT2D eigenvalue weighted by molar-refractivity contribution is -0.137. The number of carbonyl (C=O) groups excluding carboxylic acids is 1. The number of anilines is 1. The quantitative estimate of drug-likeness (QED) is 0.316. The molecule has 0 aliphatic rings. The van der Waals surface area contributed by atoms with Gasteiger partial charge in [0.05, 0.1) is 34.0 Å². The van der Waals surface area contributed by atoms with Gasteiger partial charge in [0.2, 0.25) is 0 Å². The van der Waals surface area contributed by atoms with Crippen LogP contribution in [0.3, 0.4) is 0 Å². The van der Waals surface area contributed by atoms with Crippen LogP contribution in [0.25, 0.3) is 28.2 Å². The van der Waals surface area contributed by atoms with Crippen LogP contribution >= 0.6 is 0 Å². The van der Waals surface area contributed by atoms with Crippen molar-refractivity contribution in [2.45, 2.75) is 6.18 Å². The first-order chi connectivity index (χ1) is 17.8. The van der Waals surface area contributed by atoms with Crippen LogP contribution in [0, 0.1) is 17.1 Å². The Hall–Kier alpha value is -5.11. The van der Waals surface area contributed by atoms with E-state index < -0.39 is 34.6 Å². The van der Waals surface area contributed by atoms with E-state index in [1.54, 1.807) is 30.3 Å². The zero-order valence-electron chi connectivity index (χ0n) is 18.7. The van der Waals surface area contributed by atoms with Gasteiger partial charge in [-0.2, -0.15) is 23.5 Å². The van der Waals surface area contributed by atoms with Crippen molar-refractivity contribution in [2.75, 3.05) is 5.32 Å². The number of carbonyl (C=O) groups is 1. The first-order valence-electron chi connectivity index (χ1n) is 10.7. The highest BCUT2D eigenvalue weighted by Gasteiger charge is 2.36. The van der Waals surface area contributed by atoms with Gasteiger partial charge < -0.3 is 5.32 Å². The lowest BCUT2D eigenvalue weighted by atomic mass is 10.0. The minimum absolute atomic E-state index is 0.158. The zero-order valence-corrected chi connectivity index (χ0v) is 18.7. The number of hydrogen-bond donors (Lipinski definition) is 1. The molecule has 5 aromatic rings. The van der Waals surface area contributed by atoms with Gasteiger partial charge in [-0.05, 0) is 30.3 Å². The van der Waals surface area contributed by atoms with Crippen LogP contribution in [0.1, 0.15) is 21.5 Å². The maximum Gasteiger partial charge on any atom is 0.417 e. The number of hydrogen-bond acceptors (Lipinski definition) is 5. The summed E-state index contributed by atoms with van der Waals surface area (Å²) in [4.78, 5) is 21.0. The van der Waals surface area contributed by atoms with Crippen LogP contribution < -0.4 is 5.32 Å². The summed E-state index contributed by atoms with van der Waals surface area (Å²) in [6, 6.07) is 16.2. The third kappa shape index (κ3) is 4.48. The first kappa shape index (κ1) is 23.6. The summed E-state index contributed by atoms with van der Waals surface area (Å²) in [5.41, 5.74) is -0.788. The van der Waals surface area contributed by atoms with Crippen LogP contribution in [0.5, 0.6) is 0 Å². The molecule has 0 spiro atoms. The van der Waals surface area contributed by atoms with E-state index in [1.165, 1.54) is 41.3 Å². The molecule has 0 aliphatic heterocycles. The van der Waals surface area contributed by atoms with E-state index in [-0.39, 0.29) is 23.1 Å². The Morgan fingerprint density at radius 2 is 1.73 bits per heavy atom. The summed E-state index contributed by atoms with van der Waals surface area (Å²) in [5.74, 6) is -2.71. The summed E-state index contributed by atoms with van der Waals surface area (Å²) in [6.07, 6.45) is -0.909. The molecule has 1 N–H and O–H groups in total. The molecule has 0 atom stereocenters. The first-order valence-corrected chi connectivity index (χ1v) is 10.7. The van der Waals surface area contributed by atoms with Gasteiger partial charge in [0, 0.05) is 29.7 Å². The molecule has 0 saturated heterocycles. The van der Waals surface area contributed by atoms with Gasteiger partial charge in [-0.3, -0.25) is 4.79 Å². The van der Waals surface area contributed by atoms with Crippen molar-refractivity contribution in [3.8, 4) is 28.7 Å². The van der Waals surface area contributed by atoms with E-state index in [0.717, 1.165) is 6.07 Å². The molecule has 5 rings (SSSR count). The van der Waals surface area contributed by atoms with Crippen molar-refractivity contribution < 1.29 is 22.4 Å². The Labute approximate surface area is 206 Å². The Bertz CT molecular complexity index is 1680. The molecule has 0 fully saturated rings. The molecule has 1 amide bonds. The maximum absolute atomic E-state index is 14.9. The molecule has 3 heterocycles. The second-order valence-electron chi connectivity index (χ2n) is 7.85. The van der Waals surface area contributed by atoms with E-state index >= 15 is 0 Å². The number of pyridine rings is 1. The number of alkyl halides is 3. The topological polar surface area (TPSA) is 96.0 Å². The molecule has 0 radical (unpaired) electrons. The van der Waals surface area contributed by atoms with Gasteiger partial charge >= 0.3 is 6.18 Å². The number of nitrogens with zero attached hydrogens (tertiary/aromatic N) is 5. The minimum Gasteiger partial charge on any atom is -0.318 e. The summed E-state index contributed by atoms with van der Waals surface area (Å²) in [7, 11) is 0. The highest BCUT2D eigenvalue weighted by Crippen LogP contribution is 2.38. The molecule has 37 heavy (non-hydrogen) atoms. The van der Waals surface area contributed by atoms with Gasteiger partial charge in [-0.15, -0.1) is 0 Å². The number of amides is 1. The molecule has 0 bridgehead atoms. The van der Waals surface area contributed by atoms with Gasteiger partial charge in [0.25, 0.3) is 5.91 Å². The average molecular weight is 502 g/mol. The van der Waals surface area contributed by atoms with Crippen molar-refractivity contribution in [2.24, 2.45) is 0 Å². The Morgan fingerprint density at radius 1 is 1.00 bits per heavy atom. The average Bonchev–Trinajstić information content (AvgIpc) is 3.26. The van der Waals surface area contributed by atoms with Crippen molar-refractivity contribution in [3.63, 3.8) is 0 Å². The largest absolute Gasteiger partial charge is 0.417 e. The highest BCUT2D eigenvalue weighted by atomic mass is 19.4. The second-order valence-corrected chi connectivity index (χ2v) is 7.85. The van der Waals surface area contributed by atoms with Crippen molar-refractivity contribution in [3.05, 3.63) is 102 Å². The molecule has 182 valence electrons. The Kier molecular flexibility index (Phi) is 5.85. The molecule has 7 nitrogen and oxygen atoms in total. The molecule has 0 aliphatic carbocycles. The summed E-state index contributed by atoms with van der Waals surface area (Å²) < 4.78 is 57.4. The fourth-order valence-corrected chi connectivity index (χ4v) is 3.82. The molecule has 11 heteroatoms. The number of benzene rings is 2. The predicted octanol–water partition coefficient (Wildman–Crippen LogP) is 5.74. The van der Waals surface area contributed by atoms with E-state index in [0.29, 0.717) is 16.8 Å². The SMILES string of the molecule is N#Cc1ccn2nc(-c3ccccc3)c(NC(=O)c3cc(-c4ncccn4)c(C(F)(F)F)cc3F)c2c1. The molecule has 0 saturated carbocycles. The second kappa shape index (κ2) is 9.16. The smallest absolute Gasteiger partial charge is 0.318 e. The van der Waals surface area contributed by atoms with Crippen LogP contribution in [-0.4, -0.2) is 25.5 Å². The molecular weight excluding hydrogens is 488 g/mol. The Balaban J connectivity index is 1.65. The van der Waals surface area contributed by atoms with Crippen molar-refractivity contribution in [1.82, 2.24) is 19.6 Å². The fourth-order valence-electron chi connectivity index (χ4n) is 3.82. The van der Waals surface area contributed by atoms with Crippen LogP contribution in [0.2, 0.25) is 0 Å². The lowest BCUT2D eigenvalue weighted by Crippen LogP contribution is -2.17. The number of nitrogens with one attached hydrogen (secondary N) is 1. The van der Waals surface area contributed by atoms with Gasteiger partial charge in [0.15, 0.2) is 5.82 Å². The van der Waals surface area contributed by atoms with Crippen LogP contribution in [-0.2, 0) is 6.18 Å². The van der Waals surface area contributed by atoms with Crippen LogP contribution in [0.15, 0.2) is 79.3 Å². The van der Waals surface area contributed by atoms with Crippen molar-refractivity contribution in [1.29, 1.82) is 5.26 Å². The highest BCUT2D eigenvalue weighted by molar-refractivity contribution is 6.09. The normalized spacial score (nSPS) is 11.3. The fraction of sp³-hybridized carbons (Fsp3) is 0.0385. The zero-order chi connectivity index (χ0) is 26.2. The lowest BCUT2D eigenvalue weighted by Gasteiger charge is -2.15. The summed E-state index contributed by atoms with van der Waals surface area (Å²) >= 11 is 0. The molecule has 2 aromatic carbocycles. The molecule has 0 unspecified atom stereocenters. The van der Waals surface area contributed by atoms with E-state index in [2.05, 4.69) is 20.4 Å². The summed E-state index contributed by atoms with van der Waals surface area (Å²) in [6.45, 7) is 0. The van der Waals surface area contributed by atoms with Gasteiger partial charge in [0.1, 0.15) is 11.5 Å². The van der Waals surface area contributed by atoms with Gasteiger partial charge in [-0.1, -0.05) is 30.3 Å². The van der Waals surface area contributed by atoms with E-state index in [4.69, 9.17) is 0 Å². The van der Waals surface area contributed by atoms with Crippen LogP contribution in [0.4, 0.5) is 23.2 Å². The standard InChI is InChI=1S/C26H14F4N6O/c27-20-13-19(26(28,29)30)17(24-32-8-4-9-33-24)12-18(20)25(37)34-23-21-11-15(14-31)7-10-36(21)35-22(23)16-5-2-1-3-6-16/h1-13H,(H,34,37). The number of rotatable bonds is 4. The third-order valence-electron chi connectivity index (χ3n) is 5.51. The summed E-state index contributed by atoms with van der Waals surface area (Å²) in [5, 5.41) is 16.4. The van der Waals surface area contributed by atoms with E-state index in [1.807, 2.05) is 6.07 Å². The maximum atomic E-state index is 14.9. The third-order valence-corrected chi connectivity index (χ3v) is 5.51. The molecule has 3 aromatic heterocycles. The number of aromatic nitrogens is 4. The van der Waals surface area contributed by atoms with Crippen molar-refractivity contribution >= 4 is 17.1 Å². The number of nitriles is 1. The Morgan fingerprint density at radius 3 is 2.41 bits per heavy atom. The number of fused-ring (bicyclic) bond motifs is 1. The monoisotopic (exact) mass is 502 g/mol. The van der Waals surface area contributed by atoms with Gasteiger partial charge in [-0.25, -0.2) is 18.9 Å². The predicted molar refractivity (Wildman–Crippen MR) is 126 cm³/mol. The van der Waals surface area contributed by atoms with E-state index in [9.17, 15) is 27.6 Å².